The van der Waals surface area contributed by atoms with E-state index in [1.165, 1.54) is 12.3 Å². The van der Waals surface area contributed by atoms with Crippen LogP contribution in [0.5, 0.6) is 5.75 Å². The molecule has 1 heterocycles. The first-order valence-corrected chi connectivity index (χ1v) is 2.92. The summed E-state index contributed by atoms with van der Waals surface area (Å²) in [5.41, 5.74) is 0.451. The third kappa shape index (κ3) is 1.26. The highest BCUT2D eigenvalue weighted by atomic mass is 16.6. The van der Waals surface area contributed by atoms with E-state index in [4.69, 9.17) is 5.11 Å². The Balaban J connectivity index is 3.27. The van der Waals surface area contributed by atoms with Crippen LogP contribution in [0.3, 0.4) is 0 Å². The van der Waals surface area contributed by atoms with Crippen LogP contribution in [0.15, 0.2) is 12.3 Å². The minimum atomic E-state index is -0.720. The third-order valence-corrected chi connectivity index (χ3v) is 1.28. The monoisotopic (exact) mass is 154 g/mol. The zero-order valence-electron chi connectivity index (χ0n) is 5.81. The van der Waals surface area contributed by atoms with Crippen molar-refractivity contribution in [2.24, 2.45) is 0 Å². The molecule has 0 fully saturated rings. The van der Waals surface area contributed by atoms with E-state index in [-0.39, 0.29) is 5.75 Å². The molecule has 0 aliphatic carbocycles. The average Bonchev–Trinajstić information content (AvgIpc) is 1.94. The molecule has 0 aliphatic heterocycles. The molecular formula is C6H6N2O3. The van der Waals surface area contributed by atoms with Gasteiger partial charge in [0.1, 0.15) is 6.20 Å². The van der Waals surface area contributed by atoms with E-state index in [0.717, 1.165) is 0 Å². The number of aromatic nitrogens is 1. The average molecular weight is 154 g/mol. The van der Waals surface area contributed by atoms with Crippen molar-refractivity contribution >= 4 is 5.82 Å². The Morgan fingerprint density at radius 1 is 1.73 bits per heavy atom. The lowest BCUT2D eigenvalue weighted by Crippen LogP contribution is -1.92. The maximum absolute atomic E-state index is 10.2. The number of aromatic hydroxyl groups is 1. The summed E-state index contributed by atoms with van der Waals surface area (Å²) in [4.78, 5) is 12.8. The van der Waals surface area contributed by atoms with Crippen LogP contribution in [-0.4, -0.2) is 15.0 Å². The predicted octanol–water partition coefficient (Wildman–Crippen LogP) is 1.00. The lowest BCUT2D eigenvalue weighted by Gasteiger charge is -1.96. The van der Waals surface area contributed by atoms with Gasteiger partial charge in [0.05, 0.1) is 0 Å². The van der Waals surface area contributed by atoms with E-state index in [2.05, 4.69) is 4.98 Å². The first kappa shape index (κ1) is 7.46. The fourth-order valence-corrected chi connectivity index (χ4v) is 0.670. The van der Waals surface area contributed by atoms with Crippen molar-refractivity contribution in [2.75, 3.05) is 0 Å². The van der Waals surface area contributed by atoms with Gasteiger partial charge in [-0.05, 0) is 22.9 Å². The number of aryl methyl sites for hydroxylation is 1. The minimum Gasteiger partial charge on any atom is -0.501 e. The topological polar surface area (TPSA) is 76.3 Å². The van der Waals surface area contributed by atoms with Gasteiger partial charge >= 0.3 is 5.82 Å². The second-order valence-electron chi connectivity index (χ2n) is 2.06. The molecule has 0 aliphatic rings. The SMILES string of the molecule is Cc1ccnc([N+](=O)[O-])c1O. The third-order valence-electron chi connectivity index (χ3n) is 1.28. The van der Waals surface area contributed by atoms with Crippen LogP contribution in [0.1, 0.15) is 5.56 Å². The first-order chi connectivity index (χ1) is 5.13. The van der Waals surface area contributed by atoms with Crippen molar-refractivity contribution in [3.8, 4) is 5.75 Å². The molecule has 0 atom stereocenters. The molecule has 0 saturated carbocycles. The molecule has 0 unspecified atom stereocenters. The molecular weight excluding hydrogens is 148 g/mol. The highest BCUT2D eigenvalue weighted by Gasteiger charge is 2.15. The predicted molar refractivity (Wildman–Crippen MR) is 37.3 cm³/mol. The number of hydrogen-bond donors (Lipinski definition) is 1. The Labute approximate surface area is 62.5 Å². The summed E-state index contributed by atoms with van der Waals surface area (Å²) in [7, 11) is 0. The number of rotatable bonds is 1. The van der Waals surface area contributed by atoms with Crippen molar-refractivity contribution in [2.45, 2.75) is 6.92 Å². The van der Waals surface area contributed by atoms with Crippen LogP contribution in [-0.2, 0) is 0 Å². The second kappa shape index (κ2) is 2.53. The van der Waals surface area contributed by atoms with Gasteiger partial charge in [0.25, 0.3) is 0 Å². The summed E-state index contributed by atoms with van der Waals surface area (Å²) in [5, 5.41) is 19.2. The molecule has 5 heteroatoms. The minimum absolute atomic E-state index is 0.363. The molecule has 1 aromatic heterocycles. The standard InChI is InChI=1S/C6H6N2O3/c1-4-2-3-7-6(5(4)9)8(10)11/h2-3,9H,1H3. The fourth-order valence-electron chi connectivity index (χ4n) is 0.670. The van der Waals surface area contributed by atoms with E-state index in [1.54, 1.807) is 6.92 Å². The van der Waals surface area contributed by atoms with Crippen LogP contribution in [0.4, 0.5) is 5.82 Å². The second-order valence-corrected chi connectivity index (χ2v) is 2.06. The van der Waals surface area contributed by atoms with Crippen molar-refractivity contribution in [3.63, 3.8) is 0 Å². The molecule has 1 rings (SSSR count). The highest BCUT2D eigenvalue weighted by molar-refractivity contribution is 5.43. The van der Waals surface area contributed by atoms with Crippen LogP contribution in [0.25, 0.3) is 0 Å². The van der Waals surface area contributed by atoms with E-state index in [0.29, 0.717) is 5.56 Å². The number of nitrogens with zero attached hydrogens (tertiary/aromatic N) is 2. The quantitative estimate of drug-likeness (QED) is 0.483. The van der Waals surface area contributed by atoms with Crippen LogP contribution >= 0.6 is 0 Å². The molecule has 5 nitrogen and oxygen atoms in total. The number of nitro groups is 1. The van der Waals surface area contributed by atoms with Gasteiger partial charge < -0.3 is 15.2 Å². The van der Waals surface area contributed by atoms with Crippen molar-refractivity contribution < 1.29 is 10.0 Å². The number of pyridine rings is 1. The first-order valence-electron chi connectivity index (χ1n) is 2.92. The molecule has 0 bridgehead atoms. The van der Waals surface area contributed by atoms with Crippen molar-refractivity contribution in [1.82, 2.24) is 4.98 Å². The molecule has 58 valence electrons. The maximum Gasteiger partial charge on any atom is 0.406 e. The largest absolute Gasteiger partial charge is 0.501 e. The Kier molecular flexibility index (Phi) is 1.72. The highest BCUT2D eigenvalue weighted by Crippen LogP contribution is 2.25. The molecule has 11 heavy (non-hydrogen) atoms. The van der Waals surface area contributed by atoms with E-state index in [1.807, 2.05) is 0 Å². The molecule has 0 saturated heterocycles. The Bertz CT molecular complexity index is 298. The summed E-state index contributed by atoms with van der Waals surface area (Å²) in [5.74, 6) is -0.859. The maximum atomic E-state index is 10.2. The molecule has 0 radical (unpaired) electrons. The Morgan fingerprint density at radius 2 is 2.36 bits per heavy atom. The lowest BCUT2D eigenvalue weighted by atomic mass is 10.3. The zero-order chi connectivity index (χ0) is 8.43. The lowest BCUT2D eigenvalue weighted by molar-refractivity contribution is -0.390. The summed E-state index contributed by atoms with van der Waals surface area (Å²) >= 11 is 0. The zero-order valence-corrected chi connectivity index (χ0v) is 5.81. The molecule has 1 aromatic rings. The van der Waals surface area contributed by atoms with Crippen molar-refractivity contribution in [3.05, 3.63) is 27.9 Å². The van der Waals surface area contributed by atoms with E-state index in [9.17, 15) is 10.1 Å². The van der Waals surface area contributed by atoms with Crippen molar-refractivity contribution in [1.29, 1.82) is 0 Å². The van der Waals surface area contributed by atoms with Crippen LogP contribution in [0.2, 0.25) is 0 Å². The molecule has 0 amide bonds. The van der Waals surface area contributed by atoms with Gasteiger partial charge in [-0.2, -0.15) is 0 Å². The van der Waals surface area contributed by atoms with E-state index >= 15 is 0 Å². The smallest absolute Gasteiger partial charge is 0.406 e. The van der Waals surface area contributed by atoms with E-state index < -0.39 is 10.7 Å². The molecule has 0 aromatic carbocycles. The van der Waals surface area contributed by atoms with Gasteiger partial charge in [-0.25, -0.2) is 0 Å². The van der Waals surface area contributed by atoms with Gasteiger partial charge in [-0.1, -0.05) is 0 Å². The summed E-state index contributed by atoms with van der Waals surface area (Å²) < 4.78 is 0. The normalized spacial score (nSPS) is 9.55. The molecule has 1 N–H and O–H groups in total. The Morgan fingerprint density at radius 3 is 2.82 bits per heavy atom. The summed E-state index contributed by atoms with van der Waals surface area (Å²) in [6.45, 7) is 1.57. The van der Waals surface area contributed by atoms with Crippen LogP contribution in [0, 0.1) is 17.0 Å². The van der Waals surface area contributed by atoms with Gasteiger partial charge in [-0.15, -0.1) is 0 Å². The number of hydrogen-bond acceptors (Lipinski definition) is 4. The van der Waals surface area contributed by atoms with Crippen LogP contribution < -0.4 is 0 Å². The summed E-state index contributed by atoms with van der Waals surface area (Å²) in [6, 6.07) is 1.50. The summed E-state index contributed by atoms with van der Waals surface area (Å²) in [6.07, 6.45) is 1.28. The van der Waals surface area contributed by atoms with Gasteiger partial charge in [0, 0.05) is 5.56 Å². The van der Waals surface area contributed by atoms with Gasteiger partial charge in [-0.3, -0.25) is 0 Å². The molecule has 0 spiro atoms. The Hall–Kier alpha value is -1.65. The fraction of sp³-hybridized carbons (Fsp3) is 0.167. The van der Waals surface area contributed by atoms with Gasteiger partial charge in [0.15, 0.2) is 0 Å². The van der Waals surface area contributed by atoms with Gasteiger partial charge in [0.2, 0.25) is 5.75 Å².